The Bertz CT molecular complexity index is 167. The van der Waals surface area contributed by atoms with Gasteiger partial charge in [-0.1, -0.05) is 6.58 Å². The summed E-state index contributed by atoms with van der Waals surface area (Å²) in [5, 5.41) is 2.98. The third-order valence-electron chi connectivity index (χ3n) is 2.15. The molecule has 0 aromatic carbocycles. The van der Waals surface area contributed by atoms with Crippen LogP contribution >= 0.6 is 0 Å². The van der Waals surface area contributed by atoms with Crippen LogP contribution in [0.1, 0.15) is 12.8 Å². The quantitative estimate of drug-likeness (QED) is 0.594. The van der Waals surface area contributed by atoms with Crippen molar-refractivity contribution in [1.82, 2.24) is 10.2 Å². The molecule has 1 aliphatic heterocycles. The molecule has 1 atom stereocenters. The van der Waals surface area contributed by atoms with Gasteiger partial charge in [0, 0.05) is 19.3 Å². The van der Waals surface area contributed by atoms with Crippen LogP contribution in [-0.2, 0) is 4.79 Å². The van der Waals surface area contributed by atoms with Crippen molar-refractivity contribution in [2.45, 2.75) is 18.9 Å². The summed E-state index contributed by atoms with van der Waals surface area (Å²) in [5.41, 5.74) is 0.939. The highest BCUT2D eigenvalue weighted by atomic mass is 16.1. The molecule has 62 valence electrons. The lowest BCUT2D eigenvalue weighted by Gasteiger charge is -2.21. The van der Waals surface area contributed by atoms with Crippen LogP contribution in [0.5, 0.6) is 0 Å². The molecule has 1 saturated heterocycles. The van der Waals surface area contributed by atoms with E-state index in [1.165, 1.54) is 0 Å². The second-order valence-electron chi connectivity index (χ2n) is 2.78. The highest BCUT2D eigenvalue weighted by molar-refractivity contribution is 5.49. The van der Waals surface area contributed by atoms with E-state index in [0.717, 1.165) is 31.5 Å². The number of hydrogen-bond donors (Lipinski definition) is 1. The molecule has 0 bridgehead atoms. The van der Waals surface area contributed by atoms with E-state index < -0.39 is 0 Å². The predicted molar refractivity (Wildman–Crippen MR) is 44.0 cm³/mol. The fourth-order valence-corrected chi connectivity index (χ4v) is 1.46. The van der Waals surface area contributed by atoms with Crippen LogP contribution in [-0.4, -0.2) is 30.9 Å². The van der Waals surface area contributed by atoms with Gasteiger partial charge < -0.3 is 10.2 Å². The zero-order valence-electron chi connectivity index (χ0n) is 6.84. The summed E-state index contributed by atoms with van der Waals surface area (Å²) in [6.07, 6.45) is 3.03. The molecule has 0 aromatic rings. The number of likely N-dealkylation sites (tertiary alicyclic amines) is 1. The number of hydrogen-bond acceptors (Lipinski definition) is 2. The predicted octanol–water partition coefficient (Wildman–Crippen LogP) is 0.340. The standard InChI is InChI=1S/C8H14N2O/c1-7(9-2)8-4-3-5-10(8)6-11/h6,8-9H,1,3-5H2,2H3. The SMILES string of the molecule is C=C(NC)C1CCCN1C=O. The number of nitrogens with one attached hydrogen (secondary N) is 1. The van der Waals surface area contributed by atoms with Gasteiger partial charge in [0.15, 0.2) is 0 Å². The van der Waals surface area contributed by atoms with Crippen molar-refractivity contribution >= 4 is 6.41 Å². The van der Waals surface area contributed by atoms with Gasteiger partial charge in [0.25, 0.3) is 0 Å². The first-order valence-corrected chi connectivity index (χ1v) is 3.87. The van der Waals surface area contributed by atoms with Crippen LogP contribution in [0, 0.1) is 0 Å². The second-order valence-corrected chi connectivity index (χ2v) is 2.78. The van der Waals surface area contributed by atoms with Crippen LogP contribution in [0.15, 0.2) is 12.3 Å². The van der Waals surface area contributed by atoms with E-state index >= 15 is 0 Å². The lowest BCUT2D eigenvalue weighted by Crippen LogP contribution is -2.33. The van der Waals surface area contributed by atoms with Crippen LogP contribution in [0.4, 0.5) is 0 Å². The Morgan fingerprint density at radius 2 is 2.55 bits per heavy atom. The monoisotopic (exact) mass is 154 g/mol. The Labute approximate surface area is 67.1 Å². The molecule has 3 nitrogen and oxygen atoms in total. The highest BCUT2D eigenvalue weighted by Gasteiger charge is 2.24. The molecule has 0 saturated carbocycles. The molecule has 1 N–H and O–H groups in total. The Kier molecular flexibility index (Phi) is 2.52. The lowest BCUT2D eigenvalue weighted by atomic mass is 10.2. The van der Waals surface area contributed by atoms with Crippen LogP contribution in [0.25, 0.3) is 0 Å². The summed E-state index contributed by atoms with van der Waals surface area (Å²) in [5.74, 6) is 0. The van der Waals surface area contributed by atoms with E-state index in [-0.39, 0.29) is 6.04 Å². The number of likely N-dealkylation sites (N-methyl/N-ethyl adjacent to an activating group) is 1. The smallest absolute Gasteiger partial charge is 0.210 e. The van der Waals surface area contributed by atoms with Crippen molar-refractivity contribution in [2.75, 3.05) is 13.6 Å². The first kappa shape index (κ1) is 8.11. The summed E-state index contributed by atoms with van der Waals surface area (Å²) >= 11 is 0. The fraction of sp³-hybridized carbons (Fsp3) is 0.625. The van der Waals surface area contributed by atoms with E-state index in [1.807, 2.05) is 7.05 Å². The Morgan fingerprint density at radius 3 is 3.09 bits per heavy atom. The van der Waals surface area contributed by atoms with Crippen LogP contribution in [0.3, 0.4) is 0 Å². The number of amides is 1. The number of nitrogens with zero attached hydrogens (tertiary/aromatic N) is 1. The number of carbonyl (C=O) groups excluding carboxylic acids is 1. The molecule has 0 spiro atoms. The third-order valence-corrected chi connectivity index (χ3v) is 2.15. The summed E-state index contributed by atoms with van der Waals surface area (Å²) in [4.78, 5) is 12.3. The molecule has 1 heterocycles. The summed E-state index contributed by atoms with van der Waals surface area (Å²) < 4.78 is 0. The van der Waals surface area contributed by atoms with E-state index in [0.29, 0.717) is 0 Å². The van der Waals surface area contributed by atoms with Gasteiger partial charge in [-0.2, -0.15) is 0 Å². The van der Waals surface area contributed by atoms with Gasteiger partial charge in [-0.3, -0.25) is 4.79 Å². The van der Waals surface area contributed by atoms with Crippen molar-refractivity contribution in [1.29, 1.82) is 0 Å². The van der Waals surface area contributed by atoms with Crippen molar-refractivity contribution in [3.05, 3.63) is 12.3 Å². The molecule has 0 aliphatic carbocycles. The van der Waals surface area contributed by atoms with E-state index in [2.05, 4.69) is 11.9 Å². The van der Waals surface area contributed by atoms with Crippen molar-refractivity contribution < 1.29 is 4.79 Å². The average Bonchev–Trinajstić information content (AvgIpc) is 2.50. The molecular formula is C8H14N2O. The van der Waals surface area contributed by atoms with Gasteiger partial charge in [0.2, 0.25) is 6.41 Å². The minimum absolute atomic E-state index is 0.220. The average molecular weight is 154 g/mol. The minimum Gasteiger partial charge on any atom is -0.390 e. The van der Waals surface area contributed by atoms with Crippen LogP contribution in [0.2, 0.25) is 0 Å². The zero-order valence-corrected chi connectivity index (χ0v) is 6.84. The Morgan fingerprint density at radius 1 is 1.82 bits per heavy atom. The maximum Gasteiger partial charge on any atom is 0.210 e. The van der Waals surface area contributed by atoms with Gasteiger partial charge in [0.1, 0.15) is 0 Å². The van der Waals surface area contributed by atoms with Crippen molar-refractivity contribution in [2.24, 2.45) is 0 Å². The molecule has 0 aromatic heterocycles. The van der Waals surface area contributed by atoms with Crippen molar-refractivity contribution in [3.8, 4) is 0 Å². The van der Waals surface area contributed by atoms with Gasteiger partial charge >= 0.3 is 0 Å². The topological polar surface area (TPSA) is 32.3 Å². The van der Waals surface area contributed by atoms with Gasteiger partial charge in [-0.15, -0.1) is 0 Å². The Hall–Kier alpha value is -0.990. The maximum absolute atomic E-state index is 10.5. The van der Waals surface area contributed by atoms with Gasteiger partial charge in [-0.05, 0) is 12.8 Å². The van der Waals surface area contributed by atoms with E-state index in [9.17, 15) is 4.79 Å². The minimum atomic E-state index is 0.220. The molecule has 11 heavy (non-hydrogen) atoms. The molecule has 1 rings (SSSR count). The molecular weight excluding hydrogens is 140 g/mol. The number of carbonyl (C=O) groups is 1. The largest absolute Gasteiger partial charge is 0.390 e. The van der Waals surface area contributed by atoms with Gasteiger partial charge in [0.05, 0.1) is 6.04 Å². The van der Waals surface area contributed by atoms with Crippen molar-refractivity contribution in [3.63, 3.8) is 0 Å². The summed E-state index contributed by atoms with van der Waals surface area (Å²) in [7, 11) is 1.84. The maximum atomic E-state index is 10.5. The third kappa shape index (κ3) is 1.53. The first-order chi connectivity index (χ1) is 5.29. The number of rotatable bonds is 3. The van der Waals surface area contributed by atoms with E-state index in [1.54, 1.807) is 4.90 Å². The highest BCUT2D eigenvalue weighted by Crippen LogP contribution is 2.18. The first-order valence-electron chi connectivity index (χ1n) is 3.87. The molecule has 3 heteroatoms. The molecule has 1 unspecified atom stereocenters. The molecule has 1 amide bonds. The fourth-order valence-electron chi connectivity index (χ4n) is 1.46. The zero-order chi connectivity index (χ0) is 8.27. The molecule has 0 radical (unpaired) electrons. The Balaban J connectivity index is 2.56. The second kappa shape index (κ2) is 3.42. The van der Waals surface area contributed by atoms with E-state index in [4.69, 9.17) is 0 Å². The normalized spacial score (nSPS) is 23.4. The lowest BCUT2D eigenvalue weighted by molar-refractivity contribution is -0.118. The van der Waals surface area contributed by atoms with Crippen LogP contribution < -0.4 is 5.32 Å². The summed E-state index contributed by atoms with van der Waals surface area (Å²) in [6.45, 7) is 4.71. The summed E-state index contributed by atoms with van der Waals surface area (Å²) in [6, 6.07) is 0.220. The molecule has 1 fully saturated rings. The molecule has 1 aliphatic rings. The van der Waals surface area contributed by atoms with Gasteiger partial charge in [-0.25, -0.2) is 0 Å².